The van der Waals surface area contributed by atoms with Crippen molar-refractivity contribution in [1.29, 1.82) is 0 Å². The summed E-state index contributed by atoms with van der Waals surface area (Å²) in [6.45, 7) is 4.71. The van der Waals surface area contributed by atoms with Crippen LogP contribution in [0.4, 0.5) is 0 Å². The van der Waals surface area contributed by atoms with Gasteiger partial charge in [-0.2, -0.15) is 0 Å². The number of likely N-dealkylation sites (N-methyl/N-ethyl adjacent to an activating group) is 1. The molecule has 21 heavy (non-hydrogen) atoms. The molecule has 1 atom stereocenters. The van der Waals surface area contributed by atoms with Crippen LogP contribution < -0.4 is 0 Å². The number of hydrogen-bond donors (Lipinski definition) is 1. The van der Waals surface area contributed by atoms with Crippen LogP contribution in [0, 0.1) is 0 Å². The Hall–Kier alpha value is -1.71. The summed E-state index contributed by atoms with van der Waals surface area (Å²) in [5.74, 6) is 0. The lowest BCUT2D eigenvalue weighted by molar-refractivity contribution is 0.116. The molecule has 2 aromatic rings. The first-order chi connectivity index (χ1) is 10.3. The van der Waals surface area contributed by atoms with Gasteiger partial charge in [0.05, 0.1) is 6.10 Å². The molecule has 112 valence electrons. The van der Waals surface area contributed by atoms with Crippen LogP contribution in [0.5, 0.6) is 0 Å². The molecule has 1 unspecified atom stereocenters. The van der Waals surface area contributed by atoms with E-state index in [4.69, 9.17) is 0 Å². The van der Waals surface area contributed by atoms with E-state index in [9.17, 15) is 5.11 Å². The number of aromatic nitrogens is 1. The lowest BCUT2D eigenvalue weighted by Gasteiger charge is -2.23. The van der Waals surface area contributed by atoms with Gasteiger partial charge in [-0.05, 0) is 30.7 Å². The Bertz CT molecular complexity index is 501. The summed E-state index contributed by atoms with van der Waals surface area (Å²) in [5.41, 5.74) is 2.29. The Balaban J connectivity index is 1.78. The van der Waals surface area contributed by atoms with E-state index in [2.05, 4.69) is 28.9 Å². The highest BCUT2D eigenvalue weighted by Gasteiger charge is 2.11. The number of aliphatic hydroxyl groups is 1. The Morgan fingerprint density at radius 2 is 1.86 bits per heavy atom. The van der Waals surface area contributed by atoms with E-state index in [1.807, 2.05) is 42.6 Å². The number of aliphatic hydroxyl groups excluding tert-OH is 1. The zero-order valence-corrected chi connectivity index (χ0v) is 12.7. The van der Waals surface area contributed by atoms with Crippen molar-refractivity contribution in [2.24, 2.45) is 0 Å². The predicted molar refractivity (Wildman–Crippen MR) is 86.2 cm³/mol. The second kappa shape index (κ2) is 8.55. The molecule has 0 aliphatic rings. The summed E-state index contributed by atoms with van der Waals surface area (Å²) in [4.78, 5) is 6.62. The summed E-state index contributed by atoms with van der Waals surface area (Å²) in [7, 11) is 0. The van der Waals surface area contributed by atoms with E-state index >= 15 is 0 Å². The summed E-state index contributed by atoms with van der Waals surface area (Å²) in [6.07, 6.45) is 3.14. The third kappa shape index (κ3) is 5.66. The van der Waals surface area contributed by atoms with Gasteiger partial charge in [0.2, 0.25) is 0 Å². The van der Waals surface area contributed by atoms with Crippen molar-refractivity contribution in [1.82, 2.24) is 9.88 Å². The van der Waals surface area contributed by atoms with Crippen LogP contribution in [0.1, 0.15) is 18.2 Å². The van der Waals surface area contributed by atoms with Crippen LogP contribution in [0.25, 0.3) is 0 Å². The topological polar surface area (TPSA) is 36.4 Å². The fourth-order valence-electron chi connectivity index (χ4n) is 2.45. The minimum atomic E-state index is -0.323. The van der Waals surface area contributed by atoms with Gasteiger partial charge in [0.1, 0.15) is 0 Å². The van der Waals surface area contributed by atoms with Gasteiger partial charge in [0.25, 0.3) is 0 Å². The van der Waals surface area contributed by atoms with Crippen molar-refractivity contribution in [2.75, 3.05) is 19.6 Å². The first-order valence-corrected chi connectivity index (χ1v) is 7.62. The standard InChI is InChI=1S/C18H24N2O/c1-2-20(13-11-17-10-6-7-12-19-17)15-18(21)14-16-8-4-3-5-9-16/h3-10,12,18,21H,2,11,13-15H2,1H3. The smallest absolute Gasteiger partial charge is 0.0707 e. The molecule has 0 aliphatic heterocycles. The average molecular weight is 284 g/mol. The van der Waals surface area contributed by atoms with E-state index in [0.717, 1.165) is 25.2 Å². The molecule has 3 heteroatoms. The molecule has 0 radical (unpaired) electrons. The SMILES string of the molecule is CCN(CCc1ccccn1)CC(O)Cc1ccccc1. The van der Waals surface area contributed by atoms with Crippen molar-refractivity contribution >= 4 is 0 Å². The van der Waals surface area contributed by atoms with Gasteiger partial charge in [-0.1, -0.05) is 43.3 Å². The van der Waals surface area contributed by atoms with Crippen LogP contribution in [0.15, 0.2) is 54.7 Å². The molecule has 2 rings (SSSR count). The highest BCUT2D eigenvalue weighted by Crippen LogP contribution is 2.05. The van der Waals surface area contributed by atoms with Gasteiger partial charge in [-0.3, -0.25) is 4.98 Å². The Labute approximate surface area is 127 Å². The molecule has 1 aromatic heterocycles. The molecule has 1 aromatic carbocycles. The van der Waals surface area contributed by atoms with Crippen LogP contribution >= 0.6 is 0 Å². The van der Waals surface area contributed by atoms with Crippen LogP contribution in [-0.2, 0) is 12.8 Å². The fraction of sp³-hybridized carbons (Fsp3) is 0.389. The van der Waals surface area contributed by atoms with E-state index in [0.29, 0.717) is 13.0 Å². The third-order valence-corrected chi connectivity index (χ3v) is 3.64. The zero-order chi connectivity index (χ0) is 14.9. The monoisotopic (exact) mass is 284 g/mol. The predicted octanol–water partition coefficient (Wildman–Crippen LogP) is 2.55. The lowest BCUT2D eigenvalue weighted by Crippen LogP contribution is -2.35. The highest BCUT2D eigenvalue weighted by atomic mass is 16.3. The minimum absolute atomic E-state index is 0.323. The normalized spacial score (nSPS) is 12.5. The van der Waals surface area contributed by atoms with Gasteiger partial charge < -0.3 is 10.0 Å². The first-order valence-electron chi connectivity index (χ1n) is 7.62. The minimum Gasteiger partial charge on any atom is -0.391 e. The second-order valence-corrected chi connectivity index (χ2v) is 5.31. The molecule has 1 heterocycles. The summed E-state index contributed by atoms with van der Waals surface area (Å²) >= 11 is 0. The molecule has 3 nitrogen and oxygen atoms in total. The summed E-state index contributed by atoms with van der Waals surface area (Å²) in [6, 6.07) is 16.2. The number of nitrogens with zero attached hydrogens (tertiary/aromatic N) is 2. The van der Waals surface area contributed by atoms with Crippen molar-refractivity contribution in [3.05, 3.63) is 66.0 Å². The maximum Gasteiger partial charge on any atom is 0.0707 e. The quantitative estimate of drug-likeness (QED) is 0.809. The molecule has 0 spiro atoms. The largest absolute Gasteiger partial charge is 0.391 e. The molecule has 0 amide bonds. The van der Waals surface area contributed by atoms with Crippen molar-refractivity contribution < 1.29 is 5.11 Å². The molecular weight excluding hydrogens is 260 g/mol. The number of benzene rings is 1. The van der Waals surface area contributed by atoms with Crippen LogP contribution in [-0.4, -0.2) is 40.7 Å². The zero-order valence-electron chi connectivity index (χ0n) is 12.7. The van der Waals surface area contributed by atoms with Crippen LogP contribution in [0.2, 0.25) is 0 Å². The molecule has 0 aliphatic carbocycles. The van der Waals surface area contributed by atoms with Gasteiger partial charge in [-0.25, -0.2) is 0 Å². The van der Waals surface area contributed by atoms with Gasteiger partial charge in [-0.15, -0.1) is 0 Å². The second-order valence-electron chi connectivity index (χ2n) is 5.31. The maximum absolute atomic E-state index is 10.2. The van der Waals surface area contributed by atoms with E-state index in [-0.39, 0.29) is 6.10 Å². The van der Waals surface area contributed by atoms with Crippen molar-refractivity contribution in [2.45, 2.75) is 25.9 Å². The Kier molecular flexibility index (Phi) is 6.38. The van der Waals surface area contributed by atoms with E-state index < -0.39 is 0 Å². The molecule has 0 saturated heterocycles. The Morgan fingerprint density at radius 1 is 1.10 bits per heavy atom. The molecule has 0 bridgehead atoms. The summed E-state index contributed by atoms with van der Waals surface area (Å²) < 4.78 is 0. The van der Waals surface area contributed by atoms with Crippen molar-refractivity contribution in [3.8, 4) is 0 Å². The van der Waals surface area contributed by atoms with E-state index in [1.54, 1.807) is 0 Å². The first kappa shape index (κ1) is 15.7. The van der Waals surface area contributed by atoms with Gasteiger partial charge >= 0.3 is 0 Å². The summed E-state index contributed by atoms with van der Waals surface area (Å²) in [5, 5.41) is 10.2. The average Bonchev–Trinajstić information content (AvgIpc) is 2.53. The Morgan fingerprint density at radius 3 is 2.52 bits per heavy atom. The van der Waals surface area contributed by atoms with Gasteiger partial charge in [0.15, 0.2) is 0 Å². The number of pyridine rings is 1. The van der Waals surface area contributed by atoms with Gasteiger partial charge in [0, 0.05) is 31.4 Å². The molecule has 0 fully saturated rings. The maximum atomic E-state index is 10.2. The molecular formula is C18H24N2O. The molecule has 0 saturated carbocycles. The number of hydrogen-bond acceptors (Lipinski definition) is 3. The lowest BCUT2D eigenvalue weighted by atomic mass is 10.1. The van der Waals surface area contributed by atoms with Crippen molar-refractivity contribution in [3.63, 3.8) is 0 Å². The highest BCUT2D eigenvalue weighted by molar-refractivity contribution is 5.15. The van der Waals surface area contributed by atoms with Crippen LogP contribution in [0.3, 0.4) is 0 Å². The fourth-order valence-corrected chi connectivity index (χ4v) is 2.45. The third-order valence-electron chi connectivity index (χ3n) is 3.64. The number of rotatable bonds is 8. The molecule has 1 N–H and O–H groups in total. The van der Waals surface area contributed by atoms with E-state index in [1.165, 1.54) is 5.56 Å².